The Hall–Kier alpha value is -3.21. The summed E-state index contributed by atoms with van der Waals surface area (Å²) in [6.45, 7) is 9.59. The Bertz CT molecular complexity index is 1240. The summed E-state index contributed by atoms with van der Waals surface area (Å²) in [6, 6.07) is 7.25. The zero-order valence-electron chi connectivity index (χ0n) is 22.0. The highest BCUT2D eigenvalue weighted by molar-refractivity contribution is 9.08. The summed E-state index contributed by atoms with van der Waals surface area (Å²) in [7, 11) is 0. The number of esters is 2. The summed E-state index contributed by atoms with van der Waals surface area (Å²) in [5.41, 5.74) is -1.05. The minimum Gasteiger partial charge on any atom is -0.460 e. The number of nitrogens with zero attached hydrogens (tertiary/aromatic N) is 2. The normalized spacial score (nSPS) is 12.5. The topological polar surface area (TPSA) is 126 Å². The summed E-state index contributed by atoms with van der Waals surface area (Å²) in [5.74, 6) is -2.22. The van der Waals surface area contributed by atoms with Crippen molar-refractivity contribution in [2.45, 2.75) is 83.6 Å². The van der Waals surface area contributed by atoms with Crippen molar-refractivity contribution in [2.75, 3.05) is 0 Å². The van der Waals surface area contributed by atoms with E-state index in [2.05, 4.69) is 21.2 Å². The lowest BCUT2D eigenvalue weighted by molar-refractivity contribution is -0.165. The van der Waals surface area contributed by atoms with E-state index < -0.39 is 59.3 Å². The Balaban J connectivity index is 2.22. The number of hydrogen-bond donors (Lipinski definition) is 1. The molecule has 0 aliphatic heterocycles. The molecule has 0 aliphatic carbocycles. The number of carbonyl (C=O) groups excluding carboxylic acids is 3. The summed E-state index contributed by atoms with van der Waals surface area (Å²) < 4.78 is 12.7. The fourth-order valence-corrected chi connectivity index (χ4v) is 3.62. The number of carbonyl (C=O) groups is 3. The first-order valence-corrected chi connectivity index (χ1v) is 12.9. The second kappa shape index (κ2) is 12.4. The lowest BCUT2D eigenvalue weighted by Gasteiger charge is -2.25. The van der Waals surface area contributed by atoms with Gasteiger partial charge in [-0.25, -0.2) is 9.59 Å². The van der Waals surface area contributed by atoms with E-state index in [0.717, 1.165) is 20.3 Å². The number of benzene rings is 1. The maximum absolute atomic E-state index is 13.0. The molecule has 2 rings (SSSR count). The van der Waals surface area contributed by atoms with E-state index >= 15 is 0 Å². The fourth-order valence-electron chi connectivity index (χ4n) is 3.25. The standard InChI is InChI=1S/C26H34BrN3O7/c1-25(2,3)36-22(33)13-19(23(34)37-26(4,5)6)28-20(31)16-29-12-11-21(32)30(24(29)35)15-18-9-7-17(14-27)8-10-18/h7-12,19H,13-16H2,1-6H3,(H,28,31)/t19-/m0/s1. The van der Waals surface area contributed by atoms with Crippen molar-refractivity contribution in [1.82, 2.24) is 14.5 Å². The largest absolute Gasteiger partial charge is 0.460 e. The second-order valence-corrected chi connectivity index (χ2v) is 11.1. The molecule has 1 aromatic heterocycles. The molecule has 11 heteroatoms. The van der Waals surface area contributed by atoms with Gasteiger partial charge in [0.05, 0.1) is 13.0 Å². The fraction of sp³-hybridized carbons (Fsp3) is 0.500. The highest BCUT2D eigenvalue weighted by Crippen LogP contribution is 2.13. The lowest BCUT2D eigenvalue weighted by atomic mass is 10.1. The molecule has 202 valence electrons. The highest BCUT2D eigenvalue weighted by atomic mass is 79.9. The molecule has 0 saturated heterocycles. The van der Waals surface area contributed by atoms with Crippen LogP contribution in [0.3, 0.4) is 0 Å². The number of nitrogens with one attached hydrogen (secondary N) is 1. The molecule has 0 radical (unpaired) electrons. The molecular weight excluding hydrogens is 546 g/mol. The Morgan fingerprint density at radius 3 is 2.03 bits per heavy atom. The van der Waals surface area contributed by atoms with Gasteiger partial charge in [0.2, 0.25) is 5.91 Å². The van der Waals surface area contributed by atoms with Crippen molar-refractivity contribution in [3.05, 3.63) is 68.5 Å². The van der Waals surface area contributed by atoms with Crippen LogP contribution in [0.25, 0.3) is 0 Å². The van der Waals surface area contributed by atoms with Crippen LogP contribution in [0.4, 0.5) is 0 Å². The van der Waals surface area contributed by atoms with E-state index in [4.69, 9.17) is 9.47 Å². The smallest absolute Gasteiger partial charge is 0.331 e. The quantitative estimate of drug-likeness (QED) is 0.357. The lowest BCUT2D eigenvalue weighted by Crippen LogP contribution is -2.48. The molecule has 0 spiro atoms. The second-order valence-electron chi connectivity index (χ2n) is 10.5. The van der Waals surface area contributed by atoms with Gasteiger partial charge < -0.3 is 14.8 Å². The van der Waals surface area contributed by atoms with Gasteiger partial charge in [0.25, 0.3) is 5.56 Å². The average Bonchev–Trinajstić information content (AvgIpc) is 2.76. The molecule has 1 atom stereocenters. The molecule has 0 aliphatic rings. The SMILES string of the molecule is CC(C)(C)OC(=O)C[C@H](NC(=O)Cn1ccc(=O)n(Cc2ccc(CBr)cc2)c1=O)C(=O)OC(C)(C)C. The minimum atomic E-state index is -1.32. The van der Waals surface area contributed by atoms with Crippen molar-refractivity contribution in [3.63, 3.8) is 0 Å². The predicted molar refractivity (Wildman–Crippen MR) is 141 cm³/mol. The molecule has 1 heterocycles. The Kier molecular flexibility index (Phi) is 10.0. The monoisotopic (exact) mass is 579 g/mol. The Morgan fingerprint density at radius 1 is 0.919 bits per heavy atom. The average molecular weight is 580 g/mol. The number of ether oxygens (including phenoxy) is 2. The summed E-state index contributed by atoms with van der Waals surface area (Å²) in [6.07, 6.45) is 0.766. The molecule has 1 aromatic carbocycles. The number of aromatic nitrogens is 2. The van der Waals surface area contributed by atoms with Gasteiger partial charge in [-0.1, -0.05) is 40.2 Å². The van der Waals surface area contributed by atoms with Gasteiger partial charge in [0, 0.05) is 17.6 Å². The first kappa shape index (κ1) is 30.0. The van der Waals surface area contributed by atoms with E-state index in [0.29, 0.717) is 5.33 Å². The van der Waals surface area contributed by atoms with Gasteiger partial charge in [-0.3, -0.25) is 23.5 Å². The number of hydrogen-bond acceptors (Lipinski definition) is 7. The van der Waals surface area contributed by atoms with Crippen molar-refractivity contribution in [2.24, 2.45) is 0 Å². The molecule has 10 nitrogen and oxygen atoms in total. The van der Waals surface area contributed by atoms with Gasteiger partial charge in [-0.2, -0.15) is 0 Å². The third-order valence-corrected chi connectivity index (χ3v) is 5.44. The molecule has 0 bridgehead atoms. The van der Waals surface area contributed by atoms with Gasteiger partial charge in [0.1, 0.15) is 23.8 Å². The predicted octanol–water partition coefficient (Wildman–Crippen LogP) is 2.51. The van der Waals surface area contributed by atoms with Crippen molar-refractivity contribution < 1.29 is 23.9 Å². The minimum absolute atomic E-state index is 0.0296. The maximum atomic E-state index is 13.0. The first-order valence-electron chi connectivity index (χ1n) is 11.8. The van der Waals surface area contributed by atoms with E-state index in [1.54, 1.807) is 41.5 Å². The van der Waals surface area contributed by atoms with E-state index in [1.165, 1.54) is 12.3 Å². The van der Waals surface area contributed by atoms with Gasteiger partial charge >= 0.3 is 17.6 Å². The zero-order valence-corrected chi connectivity index (χ0v) is 23.6. The highest BCUT2D eigenvalue weighted by Gasteiger charge is 2.31. The molecule has 1 amide bonds. The summed E-state index contributed by atoms with van der Waals surface area (Å²) in [4.78, 5) is 63.2. The van der Waals surface area contributed by atoms with Crippen molar-refractivity contribution in [1.29, 1.82) is 0 Å². The number of rotatable bonds is 9. The van der Waals surface area contributed by atoms with Crippen molar-refractivity contribution >= 4 is 33.8 Å². The van der Waals surface area contributed by atoms with Gasteiger partial charge in [-0.05, 0) is 52.7 Å². The van der Waals surface area contributed by atoms with Crippen LogP contribution in [-0.4, -0.2) is 44.2 Å². The van der Waals surface area contributed by atoms with Crippen LogP contribution in [0, 0.1) is 0 Å². The molecule has 0 fully saturated rings. The van der Waals surface area contributed by atoms with Gasteiger partial charge in [-0.15, -0.1) is 0 Å². The maximum Gasteiger partial charge on any atom is 0.331 e. The summed E-state index contributed by atoms with van der Waals surface area (Å²) >= 11 is 3.37. The van der Waals surface area contributed by atoms with E-state index in [1.807, 2.05) is 24.3 Å². The molecule has 2 aromatic rings. The number of halogens is 1. The number of amides is 1. The van der Waals surface area contributed by atoms with E-state index in [9.17, 15) is 24.0 Å². The van der Waals surface area contributed by atoms with Crippen LogP contribution >= 0.6 is 15.9 Å². The molecule has 0 unspecified atom stereocenters. The van der Waals surface area contributed by atoms with Crippen LogP contribution in [0.15, 0.2) is 46.1 Å². The van der Waals surface area contributed by atoms with Crippen LogP contribution < -0.4 is 16.6 Å². The molecule has 0 saturated carbocycles. The van der Waals surface area contributed by atoms with Crippen LogP contribution in [0.5, 0.6) is 0 Å². The Morgan fingerprint density at radius 2 is 1.49 bits per heavy atom. The third-order valence-electron chi connectivity index (χ3n) is 4.79. The summed E-state index contributed by atoms with van der Waals surface area (Å²) in [5, 5.41) is 3.14. The van der Waals surface area contributed by atoms with Gasteiger partial charge in [0.15, 0.2) is 0 Å². The third kappa shape index (κ3) is 9.99. The Labute approximate surface area is 224 Å². The van der Waals surface area contributed by atoms with Crippen molar-refractivity contribution in [3.8, 4) is 0 Å². The van der Waals surface area contributed by atoms with Crippen LogP contribution in [-0.2, 0) is 42.3 Å². The first-order chi connectivity index (χ1) is 17.1. The zero-order chi connectivity index (χ0) is 28.0. The van der Waals surface area contributed by atoms with Crippen LogP contribution in [0.2, 0.25) is 0 Å². The molecule has 1 N–H and O–H groups in total. The number of alkyl halides is 1. The van der Waals surface area contributed by atoms with E-state index in [-0.39, 0.29) is 6.54 Å². The molecular formula is C26H34BrN3O7. The molecule has 37 heavy (non-hydrogen) atoms. The van der Waals surface area contributed by atoms with Crippen LogP contribution in [0.1, 0.15) is 59.1 Å².